The number of anilines is 1. The standard InChI is InChI=1S/C21H23N5O3/c1-13(2)15-4-6-16(7-5-15)20-23-25-26(24-20)14(3)21(27)22-17-8-9-18-19(12-17)29-11-10-28-18/h4-9,12-14H,10-11H2,1-3H3,(H,22,27)/t14-/m0/s1. The molecule has 0 radical (unpaired) electrons. The molecule has 0 unspecified atom stereocenters. The second-order valence-electron chi connectivity index (χ2n) is 7.23. The molecule has 1 amide bonds. The zero-order chi connectivity index (χ0) is 20.4. The lowest BCUT2D eigenvalue weighted by Crippen LogP contribution is -2.25. The summed E-state index contributed by atoms with van der Waals surface area (Å²) in [5.74, 6) is 1.98. The number of rotatable bonds is 5. The molecule has 4 rings (SSSR count). The van der Waals surface area contributed by atoms with Gasteiger partial charge in [0.05, 0.1) is 0 Å². The maximum absolute atomic E-state index is 12.6. The molecule has 2 heterocycles. The van der Waals surface area contributed by atoms with Crippen molar-refractivity contribution in [2.45, 2.75) is 32.7 Å². The summed E-state index contributed by atoms with van der Waals surface area (Å²) >= 11 is 0. The molecule has 1 aliphatic rings. The quantitative estimate of drug-likeness (QED) is 0.714. The van der Waals surface area contributed by atoms with Crippen molar-refractivity contribution in [3.05, 3.63) is 48.0 Å². The van der Waals surface area contributed by atoms with E-state index < -0.39 is 6.04 Å². The molecule has 0 bridgehead atoms. The van der Waals surface area contributed by atoms with Crippen LogP contribution in [0.2, 0.25) is 0 Å². The minimum absolute atomic E-state index is 0.249. The Kier molecular flexibility index (Phi) is 5.16. The fourth-order valence-electron chi connectivity index (χ4n) is 2.99. The summed E-state index contributed by atoms with van der Waals surface area (Å²) in [6.45, 7) is 7.03. The van der Waals surface area contributed by atoms with E-state index in [-0.39, 0.29) is 5.91 Å². The van der Waals surface area contributed by atoms with Crippen molar-refractivity contribution in [1.82, 2.24) is 20.2 Å². The molecular formula is C21H23N5O3. The van der Waals surface area contributed by atoms with Gasteiger partial charge in [0.2, 0.25) is 5.82 Å². The number of benzene rings is 2. The van der Waals surface area contributed by atoms with E-state index in [0.29, 0.717) is 42.1 Å². The third-order valence-corrected chi connectivity index (χ3v) is 4.80. The highest BCUT2D eigenvalue weighted by molar-refractivity contribution is 5.93. The minimum Gasteiger partial charge on any atom is -0.486 e. The number of nitrogens with one attached hydrogen (secondary N) is 1. The van der Waals surface area contributed by atoms with Crippen LogP contribution >= 0.6 is 0 Å². The van der Waals surface area contributed by atoms with Crippen molar-refractivity contribution in [3.63, 3.8) is 0 Å². The Balaban J connectivity index is 1.45. The van der Waals surface area contributed by atoms with E-state index in [0.717, 1.165) is 5.56 Å². The van der Waals surface area contributed by atoms with E-state index in [1.54, 1.807) is 25.1 Å². The number of amides is 1. The van der Waals surface area contributed by atoms with Crippen LogP contribution in [0, 0.1) is 0 Å². The number of aromatic nitrogens is 4. The van der Waals surface area contributed by atoms with E-state index in [1.807, 2.05) is 12.1 Å². The van der Waals surface area contributed by atoms with Gasteiger partial charge in [0.25, 0.3) is 5.91 Å². The average molecular weight is 393 g/mol. The van der Waals surface area contributed by atoms with Gasteiger partial charge in [0.1, 0.15) is 19.3 Å². The minimum atomic E-state index is -0.626. The molecule has 1 aromatic heterocycles. The van der Waals surface area contributed by atoms with E-state index in [1.165, 1.54) is 10.4 Å². The second kappa shape index (κ2) is 7.90. The van der Waals surface area contributed by atoms with Crippen molar-refractivity contribution < 1.29 is 14.3 Å². The van der Waals surface area contributed by atoms with E-state index in [2.05, 4.69) is 46.7 Å². The molecule has 8 heteroatoms. The molecule has 0 fully saturated rings. The summed E-state index contributed by atoms with van der Waals surface area (Å²) < 4.78 is 11.0. The van der Waals surface area contributed by atoms with Crippen LogP contribution < -0.4 is 14.8 Å². The summed E-state index contributed by atoms with van der Waals surface area (Å²) in [5.41, 5.74) is 2.73. The van der Waals surface area contributed by atoms with E-state index in [4.69, 9.17) is 9.47 Å². The molecule has 3 aromatic rings. The van der Waals surface area contributed by atoms with Gasteiger partial charge in [-0.2, -0.15) is 4.80 Å². The van der Waals surface area contributed by atoms with Crippen LogP contribution in [-0.4, -0.2) is 39.3 Å². The van der Waals surface area contributed by atoms with Crippen LogP contribution in [-0.2, 0) is 4.79 Å². The first-order valence-corrected chi connectivity index (χ1v) is 9.61. The van der Waals surface area contributed by atoms with Gasteiger partial charge in [0, 0.05) is 17.3 Å². The Morgan fingerprint density at radius 1 is 1.03 bits per heavy atom. The van der Waals surface area contributed by atoms with Gasteiger partial charge in [-0.15, -0.1) is 10.2 Å². The van der Waals surface area contributed by atoms with Gasteiger partial charge in [-0.1, -0.05) is 38.1 Å². The molecule has 150 valence electrons. The molecule has 0 aliphatic carbocycles. The fourth-order valence-corrected chi connectivity index (χ4v) is 2.99. The average Bonchev–Trinajstić information content (AvgIpc) is 3.23. The maximum Gasteiger partial charge on any atom is 0.250 e. The van der Waals surface area contributed by atoms with Gasteiger partial charge >= 0.3 is 0 Å². The highest BCUT2D eigenvalue weighted by Gasteiger charge is 2.20. The van der Waals surface area contributed by atoms with E-state index >= 15 is 0 Å². The lowest BCUT2D eigenvalue weighted by molar-refractivity contribution is -0.119. The molecule has 1 aliphatic heterocycles. The number of hydrogen-bond donors (Lipinski definition) is 1. The van der Waals surface area contributed by atoms with Gasteiger partial charge in [-0.25, -0.2) is 0 Å². The zero-order valence-corrected chi connectivity index (χ0v) is 16.6. The molecular weight excluding hydrogens is 370 g/mol. The third kappa shape index (κ3) is 4.06. The molecule has 29 heavy (non-hydrogen) atoms. The molecule has 2 aromatic carbocycles. The van der Waals surface area contributed by atoms with Crippen LogP contribution in [0.15, 0.2) is 42.5 Å². The predicted octanol–water partition coefficient (Wildman–Crippen LogP) is 3.43. The number of tetrazole rings is 1. The Morgan fingerprint density at radius 3 is 2.48 bits per heavy atom. The lowest BCUT2D eigenvalue weighted by Gasteiger charge is -2.19. The SMILES string of the molecule is CC(C)c1ccc(-c2nnn([C@@H](C)C(=O)Nc3ccc4c(c3)OCCO4)n2)cc1. The Hall–Kier alpha value is -3.42. The van der Waals surface area contributed by atoms with Crippen LogP contribution in [0.1, 0.15) is 38.3 Å². The molecule has 8 nitrogen and oxygen atoms in total. The normalized spacial score (nSPS) is 13.9. The van der Waals surface area contributed by atoms with Gasteiger partial charge < -0.3 is 14.8 Å². The van der Waals surface area contributed by atoms with E-state index in [9.17, 15) is 4.79 Å². The highest BCUT2D eigenvalue weighted by Crippen LogP contribution is 2.32. The Morgan fingerprint density at radius 2 is 1.76 bits per heavy atom. The number of fused-ring (bicyclic) bond motifs is 1. The zero-order valence-electron chi connectivity index (χ0n) is 16.6. The van der Waals surface area contributed by atoms with Crippen molar-refractivity contribution in [3.8, 4) is 22.9 Å². The van der Waals surface area contributed by atoms with Crippen molar-refractivity contribution in [1.29, 1.82) is 0 Å². The van der Waals surface area contributed by atoms with Crippen LogP contribution in [0.25, 0.3) is 11.4 Å². The first-order valence-electron chi connectivity index (χ1n) is 9.61. The topological polar surface area (TPSA) is 91.2 Å². The van der Waals surface area contributed by atoms with Crippen LogP contribution in [0.4, 0.5) is 5.69 Å². The van der Waals surface area contributed by atoms with Crippen molar-refractivity contribution >= 4 is 11.6 Å². The summed E-state index contributed by atoms with van der Waals surface area (Å²) in [6, 6.07) is 12.7. The summed E-state index contributed by atoms with van der Waals surface area (Å²) in [6.07, 6.45) is 0. The second-order valence-corrected chi connectivity index (χ2v) is 7.23. The molecule has 0 saturated carbocycles. The van der Waals surface area contributed by atoms with Crippen molar-refractivity contribution in [2.75, 3.05) is 18.5 Å². The lowest BCUT2D eigenvalue weighted by atomic mass is 10.0. The largest absolute Gasteiger partial charge is 0.486 e. The predicted molar refractivity (Wildman–Crippen MR) is 108 cm³/mol. The summed E-state index contributed by atoms with van der Waals surface area (Å²) in [7, 11) is 0. The monoisotopic (exact) mass is 393 g/mol. The van der Waals surface area contributed by atoms with Gasteiger partial charge in [-0.3, -0.25) is 4.79 Å². The third-order valence-electron chi connectivity index (χ3n) is 4.80. The smallest absolute Gasteiger partial charge is 0.250 e. The maximum atomic E-state index is 12.6. The number of carbonyl (C=O) groups excluding carboxylic acids is 1. The molecule has 0 spiro atoms. The number of carbonyl (C=O) groups is 1. The Labute approximate surface area is 168 Å². The first-order chi connectivity index (χ1) is 14.0. The molecule has 1 atom stereocenters. The summed E-state index contributed by atoms with van der Waals surface area (Å²) in [5, 5.41) is 15.4. The first kappa shape index (κ1) is 18.9. The number of ether oxygens (including phenoxy) is 2. The number of hydrogen-bond acceptors (Lipinski definition) is 6. The highest BCUT2D eigenvalue weighted by atomic mass is 16.6. The van der Waals surface area contributed by atoms with Crippen LogP contribution in [0.3, 0.4) is 0 Å². The Bertz CT molecular complexity index is 1010. The molecule has 1 N–H and O–H groups in total. The fraction of sp³-hybridized carbons (Fsp3) is 0.333. The van der Waals surface area contributed by atoms with Crippen molar-refractivity contribution in [2.24, 2.45) is 0 Å². The van der Waals surface area contributed by atoms with Crippen LogP contribution in [0.5, 0.6) is 11.5 Å². The summed E-state index contributed by atoms with van der Waals surface area (Å²) in [4.78, 5) is 14.0. The molecule has 0 saturated heterocycles. The van der Waals surface area contributed by atoms with Gasteiger partial charge in [0.15, 0.2) is 11.5 Å². The number of nitrogens with zero attached hydrogens (tertiary/aromatic N) is 4. The van der Waals surface area contributed by atoms with Gasteiger partial charge in [-0.05, 0) is 35.8 Å².